The molecule has 6 nitrogen and oxygen atoms in total. The Morgan fingerprint density at radius 3 is 2.62 bits per heavy atom. The van der Waals surface area contributed by atoms with Gasteiger partial charge in [-0.15, -0.1) is 5.10 Å². The average Bonchev–Trinajstić information content (AvgIpc) is 2.92. The Labute approximate surface area is 127 Å². The molecule has 0 aliphatic carbocycles. The van der Waals surface area contributed by atoms with Crippen molar-refractivity contribution in [2.75, 3.05) is 26.2 Å². The summed E-state index contributed by atoms with van der Waals surface area (Å²) < 4.78 is 1.67. The molecule has 2 rings (SSSR count). The summed E-state index contributed by atoms with van der Waals surface area (Å²) in [6.45, 7) is 11.4. The Hall–Kier alpha value is -1.43. The summed E-state index contributed by atoms with van der Waals surface area (Å²) in [5, 5.41) is 8.24. The van der Waals surface area contributed by atoms with E-state index in [9.17, 15) is 4.79 Å². The van der Waals surface area contributed by atoms with Gasteiger partial charge >= 0.3 is 0 Å². The molecule has 0 saturated carbocycles. The van der Waals surface area contributed by atoms with E-state index in [1.807, 2.05) is 11.1 Å². The SMILES string of the molecule is CCN(CC)Cc1cn(CC(=O)N2CCC(C)CC2)nn1. The second kappa shape index (κ2) is 7.54. The zero-order valence-electron chi connectivity index (χ0n) is 13.5. The lowest BCUT2D eigenvalue weighted by atomic mass is 9.99. The van der Waals surface area contributed by atoms with Gasteiger partial charge in [-0.3, -0.25) is 9.69 Å². The van der Waals surface area contributed by atoms with Gasteiger partial charge < -0.3 is 4.90 Å². The maximum atomic E-state index is 12.2. The van der Waals surface area contributed by atoms with Gasteiger partial charge in [-0.25, -0.2) is 4.68 Å². The first-order chi connectivity index (χ1) is 10.1. The molecule has 1 aromatic heterocycles. The second-order valence-corrected chi connectivity index (χ2v) is 5.93. The summed E-state index contributed by atoms with van der Waals surface area (Å²) in [4.78, 5) is 16.5. The zero-order chi connectivity index (χ0) is 15.2. The molecule has 6 heteroatoms. The number of likely N-dealkylation sites (tertiary alicyclic amines) is 1. The fraction of sp³-hybridized carbons (Fsp3) is 0.800. The molecular formula is C15H27N5O. The highest BCUT2D eigenvalue weighted by molar-refractivity contribution is 5.75. The summed E-state index contributed by atoms with van der Waals surface area (Å²) in [6.07, 6.45) is 4.11. The molecule has 1 fully saturated rings. The number of rotatable bonds is 6. The van der Waals surface area contributed by atoms with Crippen molar-refractivity contribution in [3.8, 4) is 0 Å². The summed E-state index contributed by atoms with van der Waals surface area (Å²) in [7, 11) is 0. The number of hydrogen-bond acceptors (Lipinski definition) is 4. The minimum atomic E-state index is 0.154. The van der Waals surface area contributed by atoms with Crippen LogP contribution in [0.5, 0.6) is 0 Å². The number of carbonyl (C=O) groups is 1. The summed E-state index contributed by atoms with van der Waals surface area (Å²) in [6, 6.07) is 0. The maximum Gasteiger partial charge on any atom is 0.244 e. The van der Waals surface area contributed by atoms with Crippen molar-refractivity contribution in [2.24, 2.45) is 5.92 Å². The van der Waals surface area contributed by atoms with Crippen LogP contribution in [0.2, 0.25) is 0 Å². The van der Waals surface area contributed by atoms with Crippen LogP contribution in [0.4, 0.5) is 0 Å². The highest BCUT2D eigenvalue weighted by Crippen LogP contribution is 2.16. The standard InChI is InChI=1S/C15H27N5O/c1-4-18(5-2)10-14-11-20(17-16-14)12-15(21)19-8-6-13(3)7-9-19/h11,13H,4-10,12H2,1-3H3. The van der Waals surface area contributed by atoms with Gasteiger partial charge in [0.1, 0.15) is 6.54 Å². The third-order valence-corrected chi connectivity index (χ3v) is 4.30. The van der Waals surface area contributed by atoms with Crippen LogP contribution in [0.3, 0.4) is 0 Å². The van der Waals surface area contributed by atoms with Gasteiger partial charge in [0.15, 0.2) is 0 Å². The van der Waals surface area contributed by atoms with E-state index >= 15 is 0 Å². The Bertz CT molecular complexity index is 447. The van der Waals surface area contributed by atoms with Crippen molar-refractivity contribution in [1.29, 1.82) is 0 Å². The fourth-order valence-electron chi connectivity index (χ4n) is 2.66. The summed E-state index contributed by atoms with van der Waals surface area (Å²) in [5.74, 6) is 0.891. The van der Waals surface area contributed by atoms with Gasteiger partial charge in [-0.1, -0.05) is 26.0 Å². The molecule has 0 aromatic carbocycles. The first-order valence-electron chi connectivity index (χ1n) is 8.01. The maximum absolute atomic E-state index is 12.2. The monoisotopic (exact) mass is 293 g/mol. The smallest absolute Gasteiger partial charge is 0.244 e. The van der Waals surface area contributed by atoms with E-state index in [4.69, 9.17) is 0 Å². The lowest BCUT2D eigenvalue weighted by molar-refractivity contribution is -0.133. The molecule has 1 aliphatic rings. The lowest BCUT2D eigenvalue weighted by Gasteiger charge is -2.30. The highest BCUT2D eigenvalue weighted by Gasteiger charge is 2.20. The van der Waals surface area contributed by atoms with Crippen LogP contribution in [0.25, 0.3) is 0 Å². The molecule has 0 radical (unpaired) electrons. The fourth-order valence-corrected chi connectivity index (χ4v) is 2.66. The molecule has 0 unspecified atom stereocenters. The van der Waals surface area contributed by atoms with E-state index in [1.54, 1.807) is 4.68 Å². The second-order valence-electron chi connectivity index (χ2n) is 5.93. The third kappa shape index (κ3) is 4.52. The van der Waals surface area contributed by atoms with Crippen LogP contribution in [-0.2, 0) is 17.9 Å². The Balaban J connectivity index is 1.85. The normalized spacial score (nSPS) is 16.7. The zero-order valence-corrected chi connectivity index (χ0v) is 13.5. The number of aromatic nitrogens is 3. The molecule has 1 aromatic rings. The first-order valence-corrected chi connectivity index (χ1v) is 8.01. The van der Waals surface area contributed by atoms with Gasteiger partial charge in [-0.05, 0) is 31.8 Å². The molecule has 1 aliphatic heterocycles. The molecule has 1 amide bonds. The van der Waals surface area contributed by atoms with Crippen molar-refractivity contribution in [3.63, 3.8) is 0 Å². The van der Waals surface area contributed by atoms with E-state index in [1.165, 1.54) is 0 Å². The predicted octanol–water partition coefficient (Wildman–Crippen LogP) is 1.38. The van der Waals surface area contributed by atoms with Crippen LogP contribution in [0.1, 0.15) is 39.3 Å². The van der Waals surface area contributed by atoms with Gasteiger partial charge in [0.2, 0.25) is 5.91 Å². The van der Waals surface area contributed by atoms with Crippen LogP contribution in [0, 0.1) is 5.92 Å². The molecule has 118 valence electrons. The topological polar surface area (TPSA) is 54.3 Å². The van der Waals surface area contributed by atoms with Crippen molar-refractivity contribution in [1.82, 2.24) is 24.8 Å². The quantitative estimate of drug-likeness (QED) is 0.795. The summed E-state index contributed by atoms with van der Waals surface area (Å²) >= 11 is 0. The van der Waals surface area contributed by atoms with Crippen LogP contribution in [-0.4, -0.2) is 56.9 Å². The largest absolute Gasteiger partial charge is 0.341 e. The van der Waals surface area contributed by atoms with E-state index in [0.717, 1.165) is 57.2 Å². The lowest BCUT2D eigenvalue weighted by Crippen LogP contribution is -2.39. The van der Waals surface area contributed by atoms with Gasteiger partial charge in [0.05, 0.1) is 11.9 Å². The molecule has 0 atom stereocenters. The van der Waals surface area contributed by atoms with Crippen molar-refractivity contribution in [2.45, 2.75) is 46.7 Å². The number of amides is 1. The molecule has 0 bridgehead atoms. The Morgan fingerprint density at radius 1 is 1.33 bits per heavy atom. The molecule has 1 saturated heterocycles. The summed E-state index contributed by atoms with van der Waals surface area (Å²) in [5.41, 5.74) is 0.929. The Kier molecular flexibility index (Phi) is 5.73. The molecule has 21 heavy (non-hydrogen) atoms. The predicted molar refractivity (Wildman–Crippen MR) is 81.6 cm³/mol. The van der Waals surface area contributed by atoms with Crippen molar-refractivity contribution in [3.05, 3.63) is 11.9 Å². The molecule has 2 heterocycles. The van der Waals surface area contributed by atoms with E-state index < -0.39 is 0 Å². The highest BCUT2D eigenvalue weighted by atomic mass is 16.2. The number of hydrogen-bond donors (Lipinski definition) is 0. The van der Waals surface area contributed by atoms with Crippen molar-refractivity contribution < 1.29 is 4.79 Å². The Morgan fingerprint density at radius 2 is 2.00 bits per heavy atom. The number of nitrogens with zero attached hydrogens (tertiary/aromatic N) is 5. The third-order valence-electron chi connectivity index (χ3n) is 4.30. The average molecular weight is 293 g/mol. The number of carbonyl (C=O) groups excluding carboxylic acids is 1. The minimum Gasteiger partial charge on any atom is -0.341 e. The van der Waals surface area contributed by atoms with Gasteiger partial charge in [-0.2, -0.15) is 0 Å². The van der Waals surface area contributed by atoms with E-state index in [0.29, 0.717) is 6.54 Å². The van der Waals surface area contributed by atoms with Gasteiger partial charge in [0, 0.05) is 19.6 Å². The van der Waals surface area contributed by atoms with Crippen LogP contribution >= 0.6 is 0 Å². The van der Waals surface area contributed by atoms with Crippen LogP contribution in [0.15, 0.2) is 6.20 Å². The van der Waals surface area contributed by atoms with Gasteiger partial charge in [0.25, 0.3) is 0 Å². The number of piperidine rings is 1. The van der Waals surface area contributed by atoms with E-state index in [-0.39, 0.29) is 5.91 Å². The van der Waals surface area contributed by atoms with Crippen LogP contribution < -0.4 is 0 Å². The molecule has 0 spiro atoms. The van der Waals surface area contributed by atoms with E-state index in [2.05, 4.69) is 36.0 Å². The molecular weight excluding hydrogens is 266 g/mol. The molecule has 0 N–H and O–H groups in total. The van der Waals surface area contributed by atoms with Crippen molar-refractivity contribution >= 4 is 5.91 Å². The first kappa shape index (κ1) is 15.9. The minimum absolute atomic E-state index is 0.154.